The number of halogens is 1. The molecule has 0 aliphatic heterocycles. The maximum Gasteiger partial charge on any atom is 0.231 e. The van der Waals surface area contributed by atoms with E-state index in [0.717, 1.165) is 34.9 Å². The molecule has 29 heavy (non-hydrogen) atoms. The summed E-state index contributed by atoms with van der Waals surface area (Å²) in [7, 11) is 3.25. The molecule has 1 atom stereocenters. The first-order valence-electron chi connectivity index (χ1n) is 9.87. The van der Waals surface area contributed by atoms with Crippen molar-refractivity contribution in [3.8, 4) is 11.5 Å². The lowest BCUT2D eigenvalue weighted by Crippen LogP contribution is -2.49. The van der Waals surface area contributed by atoms with Gasteiger partial charge in [0.1, 0.15) is 6.61 Å². The Morgan fingerprint density at radius 2 is 1.83 bits per heavy atom. The number of ether oxygens (including phenoxy) is 3. The molecule has 6 heteroatoms. The first kappa shape index (κ1) is 21.7. The standard InChI is InChI=1S/C23H28BrNO4/c1-16(17-5-10-20(21(15-17)28-3)29-14-13-27-2)25-22(26)23(11-4-12-23)18-6-8-19(24)9-7-18/h5-10,15-16H,4,11-14H2,1-3H3,(H,25,26). The highest BCUT2D eigenvalue weighted by Gasteiger charge is 2.45. The molecule has 3 rings (SSSR count). The Balaban J connectivity index is 1.72. The largest absolute Gasteiger partial charge is 0.493 e. The Morgan fingerprint density at radius 3 is 2.41 bits per heavy atom. The van der Waals surface area contributed by atoms with Crippen molar-refractivity contribution < 1.29 is 19.0 Å². The highest BCUT2D eigenvalue weighted by atomic mass is 79.9. The van der Waals surface area contributed by atoms with Gasteiger partial charge in [-0.2, -0.15) is 0 Å². The van der Waals surface area contributed by atoms with Crippen molar-refractivity contribution in [1.29, 1.82) is 0 Å². The normalized spacial score (nSPS) is 15.9. The summed E-state index contributed by atoms with van der Waals surface area (Å²) < 4.78 is 17.2. The molecule has 1 aliphatic carbocycles. The van der Waals surface area contributed by atoms with Crippen molar-refractivity contribution in [2.45, 2.75) is 37.6 Å². The summed E-state index contributed by atoms with van der Waals surface area (Å²) in [6.07, 6.45) is 2.82. The lowest BCUT2D eigenvalue weighted by molar-refractivity contribution is -0.130. The van der Waals surface area contributed by atoms with Gasteiger partial charge in [0.05, 0.1) is 25.2 Å². The summed E-state index contributed by atoms with van der Waals surface area (Å²) in [5, 5.41) is 3.21. The van der Waals surface area contributed by atoms with Crippen molar-refractivity contribution in [3.63, 3.8) is 0 Å². The minimum Gasteiger partial charge on any atom is -0.493 e. The zero-order valence-electron chi connectivity index (χ0n) is 17.2. The quantitative estimate of drug-likeness (QED) is 0.545. The van der Waals surface area contributed by atoms with Gasteiger partial charge in [-0.1, -0.05) is 40.5 Å². The van der Waals surface area contributed by atoms with Gasteiger partial charge in [-0.15, -0.1) is 0 Å². The Hall–Kier alpha value is -2.05. The minimum atomic E-state index is -0.428. The smallest absolute Gasteiger partial charge is 0.231 e. The van der Waals surface area contributed by atoms with E-state index in [4.69, 9.17) is 14.2 Å². The number of benzene rings is 2. The summed E-state index contributed by atoms with van der Waals surface area (Å²) in [5.74, 6) is 1.39. The zero-order chi connectivity index (χ0) is 20.9. The van der Waals surface area contributed by atoms with Crippen LogP contribution in [-0.4, -0.2) is 33.3 Å². The van der Waals surface area contributed by atoms with Crippen molar-refractivity contribution in [1.82, 2.24) is 5.32 Å². The molecule has 1 unspecified atom stereocenters. The Morgan fingerprint density at radius 1 is 1.10 bits per heavy atom. The molecule has 0 saturated heterocycles. The lowest BCUT2D eigenvalue weighted by atomic mass is 9.63. The minimum absolute atomic E-state index is 0.0814. The van der Waals surface area contributed by atoms with Crippen LogP contribution < -0.4 is 14.8 Å². The van der Waals surface area contributed by atoms with Gasteiger partial charge in [0.2, 0.25) is 5.91 Å². The molecule has 2 aromatic carbocycles. The molecule has 0 spiro atoms. The number of carbonyl (C=O) groups excluding carboxylic acids is 1. The van der Waals surface area contributed by atoms with Crippen LogP contribution in [0.15, 0.2) is 46.9 Å². The number of hydrogen-bond acceptors (Lipinski definition) is 4. The monoisotopic (exact) mass is 461 g/mol. The van der Waals surface area contributed by atoms with Gasteiger partial charge in [0.15, 0.2) is 11.5 Å². The van der Waals surface area contributed by atoms with Crippen LogP contribution in [0.2, 0.25) is 0 Å². The van der Waals surface area contributed by atoms with E-state index in [1.165, 1.54) is 0 Å². The number of amides is 1. The van der Waals surface area contributed by atoms with Crippen molar-refractivity contribution in [2.75, 3.05) is 27.4 Å². The van der Waals surface area contributed by atoms with E-state index in [1.807, 2.05) is 49.4 Å². The summed E-state index contributed by atoms with van der Waals surface area (Å²) >= 11 is 3.47. The molecule has 0 radical (unpaired) electrons. The van der Waals surface area contributed by atoms with E-state index in [1.54, 1.807) is 14.2 Å². The first-order chi connectivity index (χ1) is 14.0. The number of carbonyl (C=O) groups is 1. The maximum atomic E-state index is 13.2. The molecule has 1 amide bonds. The van der Waals surface area contributed by atoms with E-state index < -0.39 is 5.41 Å². The molecule has 5 nitrogen and oxygen atoms in total. The summed E-state index contributed by atoms with van der Waals surface area (Å²) in [4.78, 5) is 13.2. The number of methoxy groups -OCH3 is 2. The average molecular weight is 462 g/mol. The molecule has 2 aromatic rings. The first-order valence-corrected chi connectivity index (χ1v) is 10.7. The van der Waals surface area contributed by atoms with E-state index in [2.05, 4.69) is 21.2 Å². The SMILES string of the molecule is COCCOc1ccc(C(C)NC(=O)C2(c3ccc(Br)cc3)CCC2)cc1OC. The highest BCUT2D eigenvalue weighted by Crippen LogP contribution is 2.44. The molecule has 0 heterocycles. The predicted octanol–water partition coefficient (Wildman–Crippen LogP) is 4.78. The molecule has 1 saturated carbocycles. The van der Waals surface area contributed by atoms with Gasteiger partial charge < -0.3 is 19.5 Å². The molecule has 1 aliphatic rings. The molecule has 1 N–H and O–H groups in total. The molecule has 0 aromatic heterocycles. The molecular formula is C23H28BrNO4. The van der Waals surface area contributed by atoms with Crippen molar-refractivity contribution in [2.24, 2.45) is 0 Å². The van der Waals surface area contributed by atoms with Crippen LogP contribution in [0.25, 0.3) is 0 Å². The molecule has 156 valence electrons. The summed E-state index contributed by atoms with van der Waals surface area (Å²) in [6, 6.07) is 13.7. The average Bonchev–Trinajstić information content (AvgIpc) is 2.68. The van der Waals surface area contributed by atoms with Gasteiger partial charge in [0.25, 0.3) is 0 Å². The van der Waals surface area contributed by atoms with Gasteiger partial charge in [-0.05, 0) is 55.2 Å². The van der Waals surface area contributed by atoms with Gasteiger partial charge in [0, 0.05) is 11.6 Å². The fraction of sp³-hybridized carbons (Fsp3) is 0.435. The third-order valence-electron chi connectivity index (χ3n) is 5.62. The lowest BCUT2D eigenvalue weighted by Gasteiger charge is -2.41. The van der Waals surface area contributed by atoms with Crippen LogP contribution in [0.5, 0.6) is 11.5 Å². The van der Waals surface area contributed by atoms with E-state index in [0.29, 0.717) is 24.7 Å². The Bertz CT molecular complexity index is 833. The number of nitrogens with one attached hydrogen (secondary N) is 1. The van der Waals surface area contributed by atoms with Crippen LogP contribution >= 0.6 is 15.9 Å². The Labute approximate surface area is 180 Å². The third kappa shape index (κ3) is 4.75. The van der Waals surface area contributed by atoms with Gasteiger partial charge >= 0.3 is 0 Å². The fourth-order valence-corrected chi connectivity index (χ4v) is 3.94. The van der Waals surface area contributed by atoms with Gasteiger partial charge in [-0.25, -0.2) is 0 Å². The Kier molecular flexibility index (Phi) is 7.19. The summed E-state index contributed by atoms with van der Waals surface area (Å²) in [6.45, 7) is 2.95. The van der Waals surface area contributed by atoms with Gasteiger partial charge in [-0.3, -0.25) is 4.79 Å². The van der Waals surface area contributed by atoms with Crippen LogP contribution in [0, 0.1) is 0 Å². The molecular weight excluding hydrogens is 434 g/mol. The van der Waals surface area contributed by atoms with Crippen LogP contribution in [0.3, 0.4) is 0 Å². The van der Waals surface area contributed by atoms with E-state index >= 15 is 0 Å². The second-order valence-corrected chi connectivity index (χ2v) is 8.30. The second kappa shape index (κ2) is 9.63. The molecule has 0 bridgehead atoms. The topological polar surface area (TPSA) is 56.8 Å². The zero-order valence-corrected chi connectivity index (χ0v) is 18.8. The van der Waals surface area contributed by atoms with E-state index in [-0.39, 0.29) is 11.9 Å². The number of rotatable bonds is 9. The van der Waals surface area contributed by atoms with Crippen molar-refractivity contribution >= 4 is 21.8 Å². The fourth-order valence-electron chi connectivity index (χ4n) is 3.67. The van der Waals surface area contributed by atoms with Crippen molar-refractivity contribution in [3.05, 3.63) is 58.1 Å². The maximum absolute atomic E-state index is 13.2. The van der Waals surface area contributed by atoms with Crippen LogP contribution in [0.1, 0.15) is 43.4 Å². The molecule has 1 fully saturated rings. The number of hydrogen-bond donors (Lipinski definition) is 1. The predicted molar refractivity (Wildman–Crippen MR) is 117 cm³/mol. The van der Waals surface area contributed by atoms with Crippen LogP contribution in [0.4, 0.5) is 0 Å². The summed E-state index contributed by atoms with van der Waals surface area (Å²) in [5.41, 5.74) is 1.62. The van der Waals surface area contributed by atoms with Crippen LogP contribution in [-0.2, 0) is 14.9 Å². The third-order valence-corrected chi connectivity index (χ3v) is 6.15. The second-order valence-electron chi connectivity index (χ2n) is 7.39. The van der Waals surface area contributed by atoms with E-state index in [9.17, 15) is 4.79 Å². The highest BCUT2D eigenvalue weighted by molar-refractivity contribution is 9.10.